The summed E-state index contributed by atoms with van der Waals surface area (Å²) in [5.74, 6) is 1.45. The highest BCUT2D eigenvalue weighted by Crippen LogP contribution is 2.30. The molecule has 1 fully saturated rings. The van der Waals surface area contributed by atoms with Crippen molar-refractivity contribution in [3.63, 3.8) is 0 Å². The molecule has 3 N–H and O–H groups in total. The zero-order chi connectivity index (χ0) is 22.8. The summed E-state index contributed by atoms with van der Waals surface area (Å²) in [6.45, 7) is 0. The number of primary amides is 1. The maximum absolute atomic E-state index is 11.7. The number of ether oxygens (including phenoxy) is 2. The van der Waals surface area contributed by atoms with Gasteiger partial charge >= 0.3 is 0 Å². The van der Waals surface area contributed by atoms with Gasteiger partial charge < -0.3 is 20.5 Å². The van der Waals surface area contributed by atoms with Crippen molar-refractivity contribution in [2.24, 2.45) is 5.73 Å². The molecule has 0 radical (unpaired) electrons. The van der Waals surface area contributed by atoms with Crippen molar-refractivity contribution < 1.29 is 19.1 Å². The summed E-state index contributed by atoms with van der Waals surface area (Å²) in [5.41, 5.74) is 6.31. The molecule has 0 unspecified atom stereocenters. The van der Waals surface area contributed by atoms with E-state index in [0.717, 1.165) is 12.8 Å². The van der Waals surface area contributed by atoms with E-state index >= 15 is 0 Å². The van der Waals surface area contributed by atoms with E-state index in [1.807, 2.05) is 18.2 Å². The van der Waals surface area contributed by atoms with E-state index in [1.54, 1.807) is 62.0 Å². The van der Waals surface area contributed by atoms with Crippen LogP contribution in [0.25, 0.3) is 0 Å². The molecule has 0 saturated heterocycles. The van der Waals surface area contributed by atoms with Crippen molar-refractivity contribution in [1.29, 1.82) is 0 Å². The van der Waals surface area contributed by atoms with E-state index in [0.29, 0.717) is 34.4 Å². The number of carbonyl (C=O) groups is 2. The maximum atomic E-state index is 11.7. The monoisotopic (exact) mass is 433 g/mol. The van der Waals surface area contributed by atoms with Gasteiger partial charge in [-0.05, 0) is 61.4 Å². The summed E-state index contributed by atoms with van der Waals surface area (Å²) in [7, 11) is 1.58. The summed E-state index contributed by atoms with van der Waals surface area (Å²) >= 11 is 0. The van der Waals surface area contributed by atoms with E-state index in [2.05, 4.69) is 10.3 Å². The minimum atomic E-state index is -0.459. The molecule has 0 aliphatic heterocycles. The molecule has 0 atom stereocenters. The number of aromatic nitrogens is 1. The number of para-hydroxylation sites is 2. The lowest BCUT2D eigenvalue weighted by atomic mass is 10.2. The number of amides is 2. The van der Waals surface area contributed by atoms with Crippen molar-refractivity contribution >= 4 is 11.8 Å². The third kappa shape index (κ3) is 6.57. The van der Waals surface area contributed by atoms with Gasteiger partial charge in [-0.25, -0.2) is 0 Å². The minimum absolute atomic E-state index is 0.0271. The fourth-order valence-corrected chi connectivity index (χ4v) is 3.36. The van der Waals surface area contributed by atoms with Gasteiger partial charge in [0.1, 0.15) is 5.75 Å². The Morgan fingerprint density at radius 2 is 1.53 bits per heavy atom. The predicted octanol–water partition coefficient (Wildman–Crippen LogP) is 4.34. The van der Waals surface area contributed by atoms with Gasteiger partial charge in [-0.1, -0.05) is 25.0 Å². The summed E-state index contributed by atoms with van der Waals surface area (Å²) < 4.78 is 10.8. The number of benzene rings is 2. The van der Waals surface area contributed by atoms with Gasteiger partial charge in [-0.15, -0.1) is 0 Å². The first kappa shape index (κ1) is 22.8. The predicted molar refractivity (Wildman–Crippen MR) is 122 cm³/mol. The van der Waals surface area contributed by atoms with Gasteiger partial charge in [-0.3, -0.25) is 14.6 Å². The molecular formula is C25H27N3O4. The first-order valence-corrected chi connectivity index (χ1v) is 10.5. The Labute approximate surface area is 187 Å². The van der Waals surface area contributed by atoms with Crippen molar-refractivity contribution in [2.75, 3.05) is 7.11 Å². The van der Waals surface area contributed by atoms with Crippen molar-refractivity contribution in [2.45, 2.75) is 31.7 Å². The van der Waals surface area contributed by atoms with Crippen LogP contribution in [0.5, 0.6) is 17.2 Å². The van der Waals surface area contributed by atoms with E-state index in [1.165, 1.54) is 12.8 Å². The second-order valence-electron chi connectivity index (χ2n) is 7.33. The van der Waals surface area contributed by atoms with Crippen LogP contribution in [0.2, 0.25) is 0 Å². The van der Waals surface area contributed by atoms with Crippen LogP contribution in [0.4, 0.5) is 0 Å². The average Bonchev–Trinajstić information content (AvgIpc) is 3.34. The van der Waals surface area contributed by atoms with E-state index in [-0.39, 0.29) is 5.91 Å². The number of pyridine rings is 1. The number of methoxy groups -OCH3 is 1. The Kier molecular flexibility index (Phi) is 8.20. The lowest BCUT2D eigenvalue weighted by molar-refractivity contribution is 0.0936. The third-order valence-electron chi connectivity index (χ3n) is 5.07. The quantitative estimate of drug-likeness (QED) is 0.602. The zero-order valence-electron chi connectivity index (χ0n) is 18.0. The molecule has 1 heterocycles. The molecule has 1 aromatic heterocycles. The highest BCUT2D eigenvalue weighted by molar-refractivity contribution is 5.94. The summed E-state index contributed by atoms with van der Waals surface area (Å²) in [4.78, 5) is 26.5. The third-order valence-corrected chi connectivity index (χ3v) is 5.07. The highest BCUT2D eigenvalue weighted by atomic mass is 16.5. The Hall–Kier alpha value is -3.87. The van der Waals surface area contributed by atoms with Crippen LogP contribution in [0.15, 0.2) is 73.1 Å². The van der Waals surface area contributed by atoms with Gasteiger partial charge in [0.25, 0.3) is 5.91 Å². The number of nitrogens with two attached hydrogens (primary N) is 1. The molecule has 0 spiro atoms. The van der Waals surface area contributed by atoms with Crippen LogP contribution < -0.4 is 20.5 Å². The highest BCUT2D eigenvalue weighted by Gasteiger charge is 2.17. The van der Waals surface area contributed by atoms with Crippen LogP contribution >= 0.6 is 0 Å². The molecule has 1 saturated carbocycles. The Balaban J connectivity index is 0.000000186. The Bertz CT molecular complexity index is 1020. The van der Waals surface area contributed by atoms with Gasteiger partial charge in [0.15, 0.2) is 11.5 Å². The second-order valence-corrected chi connectivity index (χ2v) is 7.33. The number of hydrogen-bond donors (Lipinski definition) is 2. The molecule has 1 aliphatic carbocycles. The first-order chi connectivity index (χ1) is 15.6. The molecule has 4 rings (SSSR count). The fraction of sp³-hybridized carbons (Fsp3) is 0.240. The zero-order valence-corrected chi connectivity index (χ0v) is 18.0. The number of hydrogen-bond acceptors (Lipinski definition) is 5. The Morgan fingerprint density at radius 3 is 2.12 bits per heavy atom. The molecule has 2 amide bonds. The largest absolute Gasteiger partial charge is 0.493 e. The minimum Gasteiger partial charge on any atom is -0.493 e. The molecule has 7 heteroatoms. The lowest BCUT2D eigenvalue weighted by Gasteiger charge is -2.11. The average molecular weight is 434 g/mol. The van der Waals surface area contributed by atoms with E-state index < -0.39 is 5.91 Å². The van der Waals surface area contributed by atoms with Gasteiger partial charge in [0.2, 0.25) is 5.91 Å². The molecule has 2 aromatic carbocycles. The topological polar surface area (TPSA) is 104 Å². The molecular weight excluding hydrogens is 406 g/mol. The maximum Gasteiger partial charge on any atom is 0.251 e. The van der Waals surface area contributed by atoms with Crippen molar-refractivity contribution in [1.82, 2.24) is 10.3 Å². The standard InChI is InChI=1S/C14H13NO3.C11H14N2O/c1-17-12-4-2-3-5-13(12)18-11-8-6-10(7-9-11)14(15)16;14-11(9-5-7-12-8-6-9)13-10-3-1-2-4-10/h2-9H,1H3,(H2,15,16);5-8,10H,1-4H2,(H,13,14). The first-order valence-electron chi connectivity index (χ1n) is 10.5. The summed E-state index contributed by atoms with van der Waals surface area (Å²) in [6, 6.07) is 17.8. The number of rotatable bonds is 6. The van der Waals surface area contributed by atoms with Crippen LogP contribution in [0, 0.1) is 0 Å². The number of nitrogens with one attached hydrogen (secondary N) is 1. The fourth-order valence-electron chi connectivity index (χ4n) is 3.36. The molecule has 166 valence electrons. The molecule has 0 bridgehead atoms. The van der Waals surface area contributed by atoms with Gasteiger partial charge in [-0.2, -0.15) is 0 Å². The normalized spacial score (nSPS) is 12.9. The molecule has 1 aliphatic rings. The van der Waals surface area contributed by atoms with Gasteiger partial charge in [0.05, 0.1) is 7.11 Å². The van der Waals surface area contributed by atoms with Gasteiger partial charge in [0, 0.05) is 29.6 Å². The van der Waals surface area contributed by atoms with Crippen LogP contribution in [0.3, 0.4) is 0 Å². The van der Waals surface area contributed by atoms with Crippen LogP contribution in [0.1, 0.15) is 46.4 Å². The van der Waals surface area contributed by atoms with Crippen LogP contribution in [-0.2, 0) is 0 Å². The van der Waals surface area contributed by atoms with E-state index in [4.69, 9.17) is 15.2 Å². The molecule has 7 nitrogen and oxygen atoms in total. The van der Waals surface area contributed by atoms with Crippen LogP contribution in [-0.4, -0.2) is 29.9 Å². The van der Waals surface area contributed by atoms with Crippen molar-refractivity contribution in [3.8, 4) is 17.2 Å². The molecule has 3 aromatic rings. The summed E-state index contributed by atoms with van der Waals surface area (Å²) in [6.07, 6.45) is 8.00. The summed E-state index contributed by atoms with van der Waals surface area (Å²) in [5, 5.41) is 3.03. The number of nitrogens with zero attached hydrogens (tertiary/aromatic N) is 1. The van der Waals surface area contributed by atoms with Crippen molar-refractivity contribution in [3.05, 3.63) is 84.2 Å². The number of carbonyl (C=O) groups excluding carboxylic acids is 2. The second kappa shape index (κ2) is 11.5. The Morgan fingerprint density at radius 1 is 0.906 bits per heavy atom. The SMILES string of the molecule is COc1ccccc1Oc1ccc(C(N)=O)cc1.O=C(NC1CCCC1)c1ccncc1. The smallest absolute Gasteiger partial charge is 0.251 e. The van der Waals surface area contributed by atoms with E-state index in [9.17, 15) is 9.59 Å². The molecule has 32 heavy (non-hydrogen) atoms. The lowest BCUT2D eigenvalue weighted by Crippen LogP contribution is -2.32.